The molecule has 0 radical (unpaired) electrons. The van der Waals surface area contributed by atoms with Gasteiger partial charge in [0.15, 0.2) is 6.10 Å². The predicted octanol–water partition coefficient (Wildman–Crippen LogP) is -2.28. The zero-order chi connectivity index (χ0) is 11.1. The van der Waals surface area contributed by atoms with Crippen molar-refractivity contribution < 1.29 is 34.8 Å². The van der Waals surface area contributed by atoms with Gasteiger partial charge >= 0.3 is 11.9 Å². The molecule has 0 bridgehead atoms. The number of ether oxygens (including phenoxy) is 1. The zero-order valence-corrected chi connectivity index (χ0v) is 7.29. The fourth-order valence-corrected chi connectivity index (χ4v) is 0.576. The smallest absolute Gasteiger partial charge is 0.335 e. The van der Waals surface area contributed by atoms with Gasteiger partial charge in [-0.2, -0.15) is 0 Å². The van der Waals surface area contributed by atoms with E-state index in [2.05, 4.69) is 4.74 Å². The quantitative estimate of drug-likeness (QED) is 0.362. The number of rotatable bonds is 6. The van der Waals surface area contributed by atoms with Crippen LogP contribution in [0.5, 0.6) is 0 Å². The van der Waals surface area contributed by atoms with E-state index in [-0.39, 0.29) is 0 Å². The summed E-state index contributed by atoms with van der Waals surface area (Å²) in [7, 11) is 0. The first-order chi connectivity index (χ1) is 6.47. The van der Waals surface area contributed by atoms with Crippen LogP contribution in [0.1, 0.15) is 6.42 Å². The predicted molar refractivity (Wildman–Crippen MR) is 42.3 cm³/mol. The van der Waals surface area contributed by atoms with Crippen LogP contribution < -0.4 is 0 Å². The molecule has 0 aliphatic heterocycles. The molecule has 14 heavy (non-hydrogen) atoms. The fraction of sp³-hybridized carbons (Fsp3) is 0.714. The van der Waals surface area contributed by atoms with E-state index in [0.29, 0.717) is 0 Å². The van der Waals surface area contributed by atoms with Gasteiger partial charge in [-0.05, 0) is 0 Å². The Labute approximate surface area is 79.5 Å². The van der Waals surface area contributed by atoms with Crippen LogP contribution in [-0.2, 0) is 14.3 Å². The van der Waals surface area contributed by atoms with Gasteiger partial charge in [0, 0.05) is 0 Å². The van der Waals surface area contributed by atoms with Gasteiger partial charge < -0.3 is 25.2 Å². The van der Waals surface area contributed by atoms with Crippen LogP contribution in [0, 0.1) is 0 Å². The van der Waals surface area contributed by atoms with Gasteiger partial charge in [0.1, 0.15) is 12.7 Å². The largest absolute Gasteiger partial charge is 0.481 e. The van der Waals surface area contributed by atoms with Gasteiger partial charge in [-0.3, -0.25) is 4.79 Å². The summed E-state index contributed by atoms with van der Waals surface area (Å²) >= 11 is 0. The van der Waals surface area contributed by atoms with Gasteiger partial charge in [-0.15, -0.1) is 0 Å². The number of carboxylic acid groups (broad SMARTS) is 1. The Morgan fingerprint density at radius 2 is 1.86 bits per heavy atom. The van der Waals surface area contributed by atoms with Gasteiger partial charge in [0.25, 0.3) is 0 Å². The lowest BCUT2D eigenvalue weighted by molar-refractivity contribution is -0.161. The molecule has 2 atom stereocenters. The topological polar surface area (TPSA) is 124 Å². The van der Waals surface area contributed by atoms with Crippen LogP contribution in [0.4, 0.5) is 0 Å². The van der Waals surface area contributed by atoms with Crippen LogP contribution in [0.25, 0.3) is 0 Å². The molecule has 0 amide bonds. The highest BCUT2D eigenvalue weighted by molar-refractivity contribution is 5.80. The van der Waals surface area contributed by atoms with E-state index in [9.17, 15) is 9.59 Å². The van der Waals surface area contributed by atoms with Crippen molar-refractivity contribution in [3.8, 4) is 0 Å². The van der Waals surface area contributed by atoms with Crippen molar-refractivity contribution in [2.75, 3.05) is 13.2 Å². The highest BCUT2D eigenvalue weighted by Gasteiger charge is 2.20. The molecule has 0 aromatic heterocycles. The van der Waals surface area contributed by atoms with Gasteiger partial charge in [-0.1, -0.05) is 0 Å². The Morgan fingerprint density at radius 3 is 2.29 bits per heavy atom. The first kappa shape index (κ1) is 12.8. The molecule has 0 fully saturated rings. The van der Waals surface area contributed by atoms with E-state index in [1.165, 1.54) is 0 Å². The summed E-state index contributed by atoms with van der Waals surface area (Å²) in [5.41, 5.74) is 0. The molecular weight excluding hydrogens is 196 g/mol. The number of esters is 1. The second kappa shape index (κ2) is 6.30. The van der Waals surface area contributed by atoms with Crippen molar-refractivity contribution in [3.63, 3.8) is 0 Å². The van der Waals surface area contributed by atoms with Crippen molar-refractivity contribution in [2.45, 2.75) is 18.6 Å². The minimum atomic E-state index is -1.75. The molecule has 0 saturated heterocycles. The lowest BCUT2D eigenvalue weighted by atomic mass is 10.2. The third kappa shape index (κ3) is 5.46. The standard InChI is InChI=1S/C7H12O7/c8-2-4(9)3-14-7(13)5(10)1-6(11)12/h4-5,8-10H,1-3H2,(H,11,12). The van der Waals surface area contributed by atoms with E-state index in [1.807, 2.05) is 0 Å². The fourth-order valence-electron chi connectivity index (χ4n) is 0.576. The molecule has 0 rings (SSSR count). The van der Waals surface area contributed by atoms with E-state index in [0.717, 1.165) is 0 Å². The number of aliphatic carboxylic acids is 1. The Hall–Kier alpha value is -1.18. The molecule has 0 heterocycles. The molecule has 0 aromatic carbocycles. The Morgan fingerprint density at radius 1 is 1.29 bits per heavy atom. The first-order valence-corrected chi connectivity index (χ1v) is 3.82. The van der Waals surface area contributed by atoms with Gasteiger partial charge in [0.2, 0.25) is 0 Å². The summed E-state index contributed by atoms with van der Waals surface area (Å²) in [6.07, 6.45) is -3.73. The highest BCUT2D eigenvalue weighted by atomic mass is 16.6. The summed E-state index contributed by atoms with van der Waals surface area (Å²) in [6, 6.07) is 0. The van der Waals surface area contributed by atoms with Crippen LogP contribution >= 0.6 is 0 Å². The van der Waals surface area contributed by atoms with Crippen molar-refractivity contribution in [2.24, 2.45) is 0 Å². The zero-order valence-electron chi connectivity index (χ0n) is 7.29. The summed E-state index contributed by atoms with van der Waals surface area (Å²) in [6.45, 7) is -1.06. The lowest BCUT2D eigenvalue weighted by Crippen LogP contribution is -2.30. The molecule has 0 aliphatic rings. The first-order valence-electron chi connectivity index (χ1n) is 3.82. The van der Waals surface area contributed by atoms with E-state index in [1.54, 1.807) is 0 Å². The minimum absolute atomic E-state index is 0.480. The van der Waals surface area contributed by atoms with Crippen molar-refractivity contribution in [3.05, 3.63) is 0 Å². The van der Waals surface area contributed by atoms with E-state index >= 15 is 0 Å². The van der Waals surface area contributed by atoms with Gasteiger partial charge in [-0.25, -0.2) is 4.79 Å². The molecule has 0 spiro atoms. The van der Waals surface area contributed by atoms with Crippen LogP contribution in [0.3, 0.4) is 0 Å². The highest BCUT2D eigenvalue weighted by Crippen LogP contribution is 1.96. The average Bonchev–Trinajstić information content (AvgIpc) is 2.12. The number of hydrogen-bond acceptors (Lipinski definition) is 6. The van der Waals surface area contributed by atoms with Crippen molar-refractivity contribution in [1.82, 2.24) is 0 Å². The second-order valence-electron chi connectivity index (χ2n) is 2.58. The van der Waals surface area contributed by atoms with Crippen molar-refractivity contribution >= 4 is 11.9 Å². The molecule has 82 valence electrons. The summed E-state index contributed by atoms with van der Waals surface area (Å²) in [4.78, 5) is 20.8. The number of carbonyl (C=O) groups excluding carboxylic acids is 1. The SMILES string of the molecule is O=C(O)CC(O)C(=O)OCC(O)CO. The molecule has 0 aliphatic carbocycles. The molecule has 7 heteroatoms. The maximum atomic E-state index is 10.8. The summed E-state index contributed by atoms with van der Waals surface area (Å²) in [5.74, 6) is -2.47. The maximum absolute atomic E-state index is 10.8. The Balaban J connectivity index is 3.78. The van der Waals surface area contributed by atoms with Crippen LogP contribution in [0.15, 0.2) is 0 Å². The number of carboxylic acids is 1. The monoisotopic (exact) mass is 208 g/mol. The normalized spacial score (nSPS) is 14.5. The summed E-state index contributed by atoms with van der Waals surface area (Å²) in [5, 5.41) is 34.2. The molecular formula is C7H12O7. The molecule has 7 nitrogen and oxygen atoms in total. The number of hydrogen-bond donors (Lipinski definition) is 4. The number of aliphatic hydroxyl groups excluding tert-OH is 3. The van der Waals surface area contributed by atoms with Crippen molar-refractivity contribution in [1.29, 1.82) is 0 Å². The third-order valence-corrected chi connectivity index (χ3v) is 1.27. The molecule has 0 saturated carbocycles. The molecule has 2 unspecified atom stereocenters. The number of aliphatic hydroxyl groups is 3. The average molecular weight is 208 g/mol. The van der Waals surface area contributed by atoms with Gasteiger partial charge in [0.05, 0.1) is 13.0 Å². The van der Waals surface area contributed by atoms with E-state index < -0.39 is 43.8 Å². The Kier molecular flexibility index (Phi) is 5.77. The maximum Gasteiger partial charge on any atom is 0.335 e. The van der Waals surface area contributed by atoms with Crippen LogP contribution in [0.2, 0.25) is 0 Å². The molecule has 4 N–H and O–H groups in total. The minimum Gasteiger partial charge on any atom is -0.481 e. The third-order valence-electron chi connectivity index (χ3n) is 1.27. The Bertz CT molecular complexity index is 202. The lowest BCUT2D eigenvalue weighted by Gasteiger charge is -2.10. The van der Waals surface area contributed by atoms with E-state index in [4.69, 9.17) is 20.4 Å². The number of carbonyl (C=O) groups is 2. The second-order valence-corrected chi connectivity index (χ2v) is 2.58. The summed E-state index contributed by atoms with van der Waals surface area (Å²) < 4.78 is 4.30. The van der Waals surface area contributed by atoms with Crippen LogP contribution in [-0.4, -0.2) is 57.8 Å². The molecule has 0 aromatic rings.